The van der Waals surface area contributed by atoms with Crippen molar-refractivity contribution < 1.29 is 13.3 Å². The fourth-order valence-electron chi connectivity index (χ4n) is 0.912. The van der Waals surface area contributed by atoms with Crippen molar-refractivity contribution >= 4 is 15.8 Å². The Bertz CT molecular complexity index is 436. The Hall–Kier alpha value is -1.44. The van der Waals surface area contributed by atoms with Gasteiger partial charge in [0.25, 0.3) is 0 Å². The summed E-state index contributed by atoms with van der Waals surface area (Å²) in [5.74, 6) is -0.474. The van der Waals surface area contributed by atoms with Crippen LogP contribution in [-0.2, 0) is 16.4 Å². The monoisotopic (exact) mass is 219 g/mol. The largest absolute Gasteiger partial charge is 0.434 e. The van der Waals surface area contributed by atoms with E-state index in [9.17, 15) is 18.5 Å². The molecule has 0 amide bonds. The van der Waals surface area contributed by atoms with E-state index in [2.05, 4.69) is 4.98 Å². The van der Waals surface area contributed by atoms with Gasteiger partial charge in [0.15, 0.2) is 9.84 Å². The average molecular weight is 219 g/mol. The van der Waals surface area contributed by atoms with Crippen molar-refractivity contribution in [1.29, 1.82) is 0 Å². The van der Waals surface area contributed by atoms with Gasteiger partial charge in [0, 0.05) is 6.26 Å². The lowest BCUT2D eigenvalue weighted by atomic mass is 10.7. The second-order valence-electron chi connectivity index (χ2n) is 2.81. The highest BCUT2D eigenvalue weighted by Crippen LogP contribution is 2.07. The molecule has 8 heteroatoms. The number of nitrogens with zero attached hydrogens (tertiary/aromatic N) is 3. The summed E-state index contributed by atoms with van der Waals surface area (Å²) in [7, 11) is -3.11. The molecule has 0 saturated heterocycles. The van der Waals surface area contributed by atoms with Crippen LogP contribution in [0.5, 0.6) is 0 Å². The molecule has 0 radical (unpaired) electrons. The van der Waals surface area contributed by atoms with Crippen LogP contribution in [0.1, 0.15) is 0 Å². The summed E-state index contributed by atoms with van der Waals surface area (Å²) in [6.45, 7) is 0.0507. The zero-order valence-electron chi connectivity index (χ0n) is 7.45. The van der Waals surface area contributed by atoms with E-state index < -0.39 is 14.8 Å². The number of imidazole rings is 1. The Balaban J connectivity index is 2.77. The Morgan fingerprint density at radius 1 is 1.64 bits per heavy atom. The molecule has 0 N–H and O–H groups in total. The maximum absolute atomic E-state index is 10.8. The second kappa shape index (κ2) is 3.74. The quantitative estimate of drug-likeness (QED) is 0.517. The van der Waals surface area contributed by atoms with E-state index >= 15 is 0 Å². The third kappa shape index (κ3) is 2.80. The van der Waals surface area contributed by atoms with Crippen LogP contribution < -0.4 is 0 Å². The molecule has 0 saturated carbocycles. The summed E-state index contributed by atoms with van der Waals surface area (Å²) in [5, 5.41) is 10.4. The average Bonchev–Trinajstić information content (AvgIpc) is 2.46. The summed E-state index contributed by atoms with van der Waals surface area (Å²) in [5.41, 5.74) is 0. The van der Waals surface area contributed by atoms with Crippen LogP contribution in [0.25, 0.3) is 0 Å². The molecule has 0 aliphatic carbocycles. The van der Waals surface area contributed by atoms with Crippen LogP contribution in [-0.4, -0.2) is 34.9 Å². The summed E-state index contributed by atoms with van der Waals surface area (Å²) >= 11 is 0. The van der Waals surface area contributed by atoms with Gasteiger partial charge in [-0.3, -0.25) is 0 Å². The van der Waals surface area contributed by atoms with Crippen LogP contribution in [0.4, 0.5) is 5.95 Å². The van der Waals surface area contributed by atoms with E-state index in [1.165, 1.54) is 17.0 Å². The highest BCUT2D eigenvalue weighted by Gasteiger charge is 2.15. The predicted molar refractivity (Wildman–Crippen MR) is 48.6 cm³/mol. The third-order valence-electron chi connectivity index (χ3n) is 1.56. The minimum Gasteiger partial charge on any atom is -0.390 e. The molecule has 1 aromatic heterocycles. The first-order valence-electron chi connectivity index (χ1n) is 3.73. The topological polar surface area (TPSA) is 95.1 Å². The summed E-state index contributed by atoms with van der Waals surface area (Å²) in [4.78, 5) is 13.2. The van der Waals surface area contributed by atoms with E-state index in [0.717, 1.165) is 6.26 Å². The predicted octanol–water partition coefficient (Wildman–Crippen LogP) is -0.164. The molecular formula is C6H9N3O4S. The molecule has 78 valence electrons. The molecule has 0 aliphatic rings. The van der Waals surface area contributed by atoms with Crippen molar-refractivity contribution in [3.05, 3.63) is 22.5 Å². The van der Waals surface area contributed by atoms with E-state index in [4.69, 9.17) is 0 Å². The highest BCUT2D eigenvalue weighted by molar-refractivity contribution is 7.90. The molecule has 0 fully saturated rings. The van der Waals surface area contributed by atoms with Crippen molar-refractivity contribution in [3.8, 4) is 0 Å². The van der Waals surface area contributed by atoms with Gasteiger partial charge >= 0.3 is 5.95 Å². The molecule has 0 spiro atoms. The Morgan fingerprint density at radius 3 is 2.79 bits per heavy atom. The third-order valence-corrected chi connectivity index (χ3v) is 2.48. The van der Waals surface area contributed by atoms with Crippen LogP contribution >= 0.6 is 0 Å². The number of aromatic nitrogens is 2. The van der Waals surface area contributed by atoms with Gasteiger partial charge in [0.1, 0.15) is 12.4 Å². The van der Waals surface area contributed by atoms with Gasteiger partial charge in [-0.2, -0.15) is 0 Å². The van der Waals surface area contributed by atoms with Gasteiger partial charge in [0.05, 0.1) is 12.3 Å². The van der Waals surface area contributed by atoms with Crippen molar-refractivity contribution in [2.24, 2.45) is 0 Å². The zero-order valence-corrected chi connectivity index (χ0v) is 8.27. The number of sulfone groups is 1. The van der Waals surface area contributed by atoms with Gasteiger partial charge < -0.3 is 10.1 Å². The smallest absolute Gasteiger partial charge is 0.390 e. The normalized spacial score (nSPS) is 11.5. The van der Waals surface area contributed by atoms with Crippen LogP contribution in [0.3, 0.4) is 0 Å². The van der Waals surface area contributed by atoms with Crippen LogP contribution in [0.15, 0.2) is 12.4 Å². The van der Waals surface area contributed by atoms with Gasteiger partial charge in [-0.25, -0.2) is 13.0 Å². The number of aryl methyl sites for hydroxylation is 1. The van der Waals surface area contributed by atoms with Crippen LogP contribution in [0, 0.1) is 10.1 Å². The molecule has 0 unspecified atom stereocenters. The molecule has 0 aliphatic heterocycles. The van der Waals surface area contributed by atoms with Crippen LogP contribution in [0.2, 0.25) is 0 Å². The summed E-state index contributed by atoms with van der Waals surface area (Å²) < 4.78 is 22.8. The zero-order chi connectivity index (χ0) is 10.8. The Kier molecular flexibility index (Phi) is 2.84. The number of rotatable bonds is 4. The lowest BCUT2D eigenvalue weighted by molar-refractivity contribution is -0.396. The van der Waals surface area contributed by atoms with Crippen molar-refractivity contribution in [1.82, 2.24) is 9.55 Å². The first kappa shape index (κ1) is 10.6. The van der Waals surface area contributed by atoms with Crippen molar-refractivity contribution in [3.63, 3.8) is 0 Å². The van der Waals surface area contributed by atoms with Gasteiger partial charge in [-0.15, -0.1) is 0 Å². The molecule has 1 rings (SSSR count). The number of hydrogen-bond donors (Lipinski definition) is 0. The SMILES string of the molecule is CS(=O)(=O)CCn1ccnc1[N+](=O)[O-]. The maximum Gasteiger partial charge on any atom is 0.434 e. The minimum atomic E-state index is -3.11. The fraction of sp³-hybridized carbons (Fsp3) is 0.500. The molecule has 0 atom stereocenters. The maximum atomic E-state index is 10.8. The van der Waals surface area contributed by atoms with Gasteiger partial charge in [0.2, 0.25) is 0 Å². The standard InChI is InChI=1S/C6H9N3O4S/c1-14(12,13)5-4-8-3-2-7-6(8)9(10)11/h2-3H,4-5H2,1H3. The molecule has 0 bridgehead atoms. The van der Waals surface area contributed by atoms with Crippen molar-refractivity contribution in [2.75, 3.05) is 12.0 Å². The van der Waals surface area contributed by atoms with Gasteiger partial charge in [-0.05, 0) is 4.92 Å². The van der Waals surface area contributed by atoms with E-state index in [1.54, 1.807) is 0 Å². The Morgan fingerprint density at radius 2 is 2.29 bits per heavy atom. The highest BCUT2D eigenvalue weighted by atomic mass is 32.2. The first-order chi connectivity index (χ1) is 6.40. The first-order valence-corrected chi connectivity index (χ1v) is 5.79. The molecule has 0 aromatic carbocycles. The summed E-state index contributed by atoms with van der Waals surface area (Å²) in [6, 6.07) is 0. The van der Waals surface area contributed by atoms with E-state index in [-0.39, 0.29) is 18.2 Å². The lowest BCUT2D eigenvalue weighted by Gasteiger charge is -1.99. The second-order valence-corrected chi connectivity index (χ2v) is 5.07. The Labute approximate surface area is 80.4 Å². The number of nitro groups is 1. The molecule has 7 nitrogen and oxygen atoms in total. The molecular weight excluding hydrogens is 210 g/mol. The van der Waals surface area contributed by atoms with Gasteiger partial charge in [-0.1, -0.05) is 4.98 Å². The molecule has 1 heterocycles. The molecule has 1 aromatic rings. The number of hydrogen-bond acceptors (Lipinski definition) is 5. The minimum absolute atomic E-state index is 0.0507. The van der Waals surface area contributed by atoms with E-state index in [0.29, 0.717) is 0 Å². The fourth-order valence-corrected chi connectivity index (χ4v) is 1.44. The molecule has 14 heavy (non-hydrogen) atoms. The summed E-state index contributed by atoms with van der Waals surface area (Å²) in [6.07, 6.45) is 3.72. The van der Waals surface area contributed by atoms with E-state index in [1.807, 2.05) is 0 Å². The van der Waals surface area contributed by atoms with Crippen molar-refractivity contribution in [2.45, 2.75) is 6.54 Å². The lowest BCUT2D eigenvalue weighted by Crippen LogP contribution is -2.12.